The van der Waals surface area contributed by atoms with Crippen LogP contribution in [-0.2, 0) is 0 Å². The highest BCUT2D eigenvalue weighted by molar-refractivity contribution is 7.16. The molecule has 126 valence electrons. The lowest BCUT2D eigenvalue weighted by Crippen LogP contribution is -2.68. The van der Waals surface area contributed by atoms with E-state index in [1.807, 2.05) is 0 Å². The first-order valence-electron chi connectivity index (χ1n) is 9.14. The van der Waals surface area contributed by atoms with E-state index in [1.54, 1.807) is 0 Å². The molecule has 0 aliphatic heterocycles. The van der Waals surface area contributed by atoms with Crippen LogP contribution in [0.15, 0.2) is 102 Å². The van der Waals surface area contributed by atoms with E-state index in [9.17, 15) is 0 Å². The van der Waals surface area contributed by atoms with Crippen LogP contribution >= 0.6 is 0 Å². The Bertz CT molecular complexity index is 708. The van der Waals surface area contributed by atoms with Crippen molar-refractivity contribution >= 4 is 23.6 Å². The van der Waals surface area contributed by atoms with Crippen molar-refractivity contribution in [1.82, 2.24) is 0 Å². The molecule has 0 nitrogen and oxygen atoms in total. The molecule has 0 aromatic heterocycles. The number of allylic oxidation sites excluding steroid dienone is 2. The van der Waals surface area contributed by atoms with Gasteiger partial charge in [-0.3, -0.25) is 0 Å². The highest BCUT2D eigenvalue weighted by Gasteiger charge is 2.40. The van der Waals surface area contributed by atoms with Crippen molar-refractivity contribution in [1.29, 1.82) is 0 Å². The maximum atomic E-state index is 2.47. The van der Waals surface area contributed by atoms with Crippen molar-refractivity contribution < 1.29 is 0 Å². The third-order valence-corrected chi connectivity index (χ3v) is 9.94. The van der Waals surface area contributed by atoms with Crippen LogP contribution in [-0.4, -0.2) is 8.07 Å². The van der Waals surface area contributed by atoms with Crippen LogP contribution in [0.25, 0.3) is 0 Å². The second-order valence-electron chi connectivity index (χ2n) is 6.52. The summed E-state index contributed by atoms with van der Waals surface area (Å²) >= 11 is 0. The Labute approximate surface area is 152 Å². The van der Waals surface area contributed by atoms with Crippen LogP contribution in [0.5, 0.6) is 0 Å². The van der Waals surface area contributed by atoms with Gasteiger partial charge in [0.25, 0.3) is 0 Å². The highest BCUT2D eigenvalue weighted by Crippen LogP contribution is 2.18. The molecule has 0 heterocycles. The van der Waals surface area contributed by atoms with Crippen LogP contribution in [0.3, 0.4) is 0 Å². The Kier molecular flexibility index (Phi) is 5.67. The molecule has 3 rings (SSSR count). The summed E-state index contributed by atoms with van der Waals surface area (Å²) in [6, 6.07) is 33.3. The van der Waals surface area contributed by atoms with Crippen LogP contribution in [0, 0.1) is 0 Å². The summed E-state index contributed by atoms with van der Waals surface area (Å²) in [5.74, 6) is 0. The Balaban J connectivity index is 2.36. The fourth-order valence-electron chi connectivity index (χ4n) is 3.76. The molecule has 0 fully saturated rings. The molecule has 0 radical (unpaired) electrons. The molecule has 0 saturated heterocycles. The topological polar surface area (TPSA) is 0 Å². The Morgan fingerprint density at radius 1 is 0.680 bits per heavy atom. The van der Waals surface area contributed by atoms with E-state index in [4.69, 9.17) is 0 Å². The van der Waals surface area contributed by atoms with Crippen LogP contribution in [0.4, 0.5) is 0 Å². The summed E-state index contributed by atoms with van der Waals surface area (Å²) in [6.45, 7) is 4.59. The molecule has 3 aromatic carbocycles. The van der Waals surface area contributed by atoms with E-state index in [-0.39, 0.29) is 0 Å². The number of hydrogen-bond donors (Lipinski definition) is 0. The molecule has 0 atom stereocenters. The molecule has 0 saturated carbocycles. The molecule has 25 heavy (non-hydrogen) atoms. The van der Waals surface area contributed by atoms with Gasteiger partial charge in [-0.1, -0.05) is 116 Å². The summed E-state index contributed by atoms with van der Waals surface area (Å²) in [7, 11) is -2.20. The Morgan fingerprint density at radius 2 is 1.04 bits per heavy atom. The summed E-state index contributed by atoms with van der Waals surface area (Å²) in [5.41, 5.74) is 0. The van der Waals surface area contributed by atoms with E-state index in [2.05, 4.69) is 111 Å². The van der Waals surface area contributed by atoms with Crippen LogP contribution in [0.2, 0.25) is 0 Å². The zero-order chi connectivity index (χ0) is 17.5. The van der Waals surface area contributed by atoms with Crippen molar-refractivity contribution in [3.63, 3.8) is 0 Å². The minimum absolute atomic E-state index is 1.13. The minimum atomic E-state index is -2.20. The smallest absolute Gasteiger partial charge is 0.0885 e. The fourth-order valence-corrected chi connectivity index (χ4v) is 8.66. The lowest BCUT2D eigenvalue weighted by atomic mass is 10.3. The normalized spacial score (nSPS) is 12.2. The average molecular weight is 343 g/mol. The minimum Gasteiger partial charge on any atom is -0.0885 e. The monoisotopic (exact) mass is 342 g/mol. The van der Waals surface area contributed by atoms with Gasteiger partial charge in [0.05, 0.1) is 0 Å². The zero-order valence-electron chi connectivity index (χ0n) is 15.2. The van der Waals surface area contributed by atoms with E-state index in [0.717, 1.165) is 6.42 Å². The summed E-state index contributed by atoms with van der Waals surface area (Å²) in [4.78, 5) is 0. The SMILES string of the molecule is CCC/C=C(\C)[Si](c1ccccc1)(c1ccccc1)c1ccccc1. The van der Waals surface area contributed by atoms with Crippen molar-refractivity contribution in [2.24, 2.45) is 0 Å². The summed E-state index contributed by atoms with van der Waals surface area (Å²) in [5, 5.41) is 5.89. The van der Waals surface area contributed by atoms with Gasteiger partial charge in [0.1, 0.15) is 0 Å². The molecule has 0 amide bonds. The van der Waals surface area contributed by atoms with E-state index < -0.39 is 8.07 Å². The summed E-state index contributed by atoms with van der Waals surface area (Å²) < 4.78 is 0. The van der Waals surface area contributed by atoms with Gasteiger partial charge < -0.3 is 0 Å². The predicted octanol–water partition coefficient (Wildman–Crippen LogP) is 4.44. The second-order valence-corrected chi connectivity index (χ2v) is 10.5. The van der Waals surface area contributed by atoms with Crippen molar-refractivity contribution in [2.45, 2.75) is 26.7 Å². The maximum Gasteiger partial charge on any atom is 0.175 e. The van der Waals surface area contributed by atoms with Crippen molar-refractivity contribution in [2.75, 3.05) is 0 Å². The lowest BCUT2D eigenvalue weighted by Gasteiger charge is -2.35. The molecule has 1 heteroatoms. The van der Waals surface area contributed by atoms with Crippen LogP contribution in [0.1, 0.15) is 26.7 Å². The van der Waals surface area contributed by atoms with Gasteiger partial charge in [0.2, 0.25) is 0 Å². The first kappa shape index (κ1) is 17.4. The average Bonchev–Trinajstić information content (AvgIpc) is 2.69. The quantitative estimate of drug-likeness (QED) is 0.459. The van der Waals surface area contributed by atoms with Crippen LogP contribution < -0.4 is 15.6 Å². The standard InChI is InChI=1S/C24H26Si/c1-3-4-14-21(2)25(22-15-8-5-9-16-22,23-17-10-6-11-18-23)24-19-12-7-13-20-24/h5-20H,3-4H2,1-2H3/b21-14+. The molecular weight excluding hydrogens is 316 g/mol. The lowest BCUT2D eigenvalue weighted by molar-refractivity contribution is 0.954. The Morgan fingerprint density at radius 3 is 1.36 bits per heavy atom. The van der Waals surface area contributed by atoms with E-state index in [1.165, 1.54) is 27.2 Å². The highest BCUT2D eigenvalue weighted by atomic mass is 28.3. The molecule has 0 N–H and O–H groups in total. The van der Waals surface area contributed by atoms with Crippen molar-refractivity contribution in [3.05, 3.63) is 102 Å². The molecule has 0 bridgehead atoms. The molecule has 3 aromatic rings. The molecule has 0 unspecified atom stereocenters. The van der Waals surface area contributed by atoms with Gasteiger partial charge in [-0.25, -0.2) is 0 Å². The Hall–Kier alpha value is -2.38. The summed E-state index contributed by atoms with van der Waals surface area (Å²) in [6.07, 6.45) is 4.78. The molecule has 0 spiro atoms. The number of hydrogen-bond acceptors (Lipinski definition) is 0. The molecular formula is C24H26Si. The number of rotatable bonds is 6. The van der Waals surface area contributed by atoms with Gasteiger partial charge in [-0.2, -0.15) is 0 Å². The third-order valence-electron chi connectivity index (χ3n) is 4.95. The fraction of sp³-hybridized carbons (Fsp3) is 0.167. The van der Waals surface area contributed by atoms with Gasteiger partial charge in [0, 0.05) is 0 Å². The predicted molar refractivity (Wildman–Crippen MR) is 113 cm³/mol. The van der Waals surface area contributed by atoms with Gasteiger partial charge in [-0.05, 0) is 28.9 Å². The number of benzene rings is 3. The second kappa shape index (κ2) is 8.13. The van der Waals surface area contributed by atoms with Gasteiger partial charge >= 0.3 is 0 Å². The van der Waals surface area contributed by atoms with Gasteiger partial charge in [0.15, 0.2) is 8.07 Å². The van der Waals surface area contributed by atoms with Crippen molar-refractivity contribution in [3.8, 4) is 0 Å². The maximum absolute atomic E-state index is 2.47. The van der Waals surface area contributed by atoms with E-state index in [0.29, 0.717) is 0 Å². The zero-order valence-corrected chi connectivity index (χ0v) is 16.2. The van der Waals surface area contributed by atoms with E-state index >= 15 is 0 Å². The molecule has 0 aliphatic carbocycles. The number of unbranched alkanes of at least 4 members (excludes halogenated alkanes) is 1. The first-order chi connectivity index (χ1) is 12.3. The van der Waals surface area contributed by atoms with Gasteiger partial charge in [-0.15, -0.1) is 0 Å². The largest absolute Gasteiger partial charge is 0.175 e. The first-order valence-corrected chi connectivity index (χ1v) is 11.1. The molecule has 0 aliphatic rings. The third kappa shape index (κ3) is 3.38.